The third-order valence-corrected chi connectivity index (χ3v) is 5.68. The number of nitrogens with one attached hydrogen (secondary N) is 1. The summed E-state index contributed by atoms with van der Waals surface area (Å²) in [7, 11) is 0. The summed E-state index contributed by atoms with van der Waals surface area (Å²) in [6.45, 7) is 8.98. The quantitative estimate of drug-likeness (QED) is 0.815. The summed E-state index contributed by atoms with van der Waals surface area (Å²) in [5, 5.41) is 7.06. The topological polar surface area (TPSA) is 49.4 Å². The fourth-order valence-electron chi connectivity index (χ4n) is 2.66. The summed E-state index contributed by atoms with van der Waals surface area (Å²) in [4.78, 5) is 27.0. The Labute approximate surface area is 147 Å². The number of rotatable bonds is 7. The lowest BCUT2D eigenvalue weighted by atomic mass is 10.0. The van der Waals surface area contributed by atoms with E-state index in [9.17, 15) is 9.59 Å². The molecule has 0 aliphatic carbocycles. The molecular formula is C17H26N2O2S2. The van der Waals surface area contributed by atoms with Crippen LogP contribution in [0.2, 0.25) is 0 Å². The fraction of sp³-hybridized carbons (Fsp3) is 0.647. The minimum absolute atomic E-state index is 0.0246. The summed E-state index contributed by atoms with van der Waals surface area (Å²) < 4.78 is 0. The molecule has 0 bridgehead atoms. The Hall–Kier alpha value is -1.01. The van der Waals surface area contributed by atoms with Gasteiger partial charge in [-0.05, 0) is 40.6 Å². The molecular weight excluding hydrogens is 328 g/mol. The van der Waals surface area contributed by atoms with E-state index in [1.165, 1.54) is 0 Å². The zero-order valence-corrected chi connectivity index (χ0v) is 15.9. The Kier molecular flexibility index (Phi) is 6.53. The molecule has 4 nitrogen and oxygen atoms in total. The van der Waals surface area contributed by atoms with Crippen LogP contribution in [0.5, 0.6) is 0 Å². The fourth-order valence-corrected chi connectivity index (χ4v) is 4.64. The minimum Gasteiger partial charge on any atom is -0.354 e. The number of thioether (sulfide) groups is 1. The first-order valence-corrected chi connectivity index (χ1v) is 10.1. The van der Waals surface area contributed by atoms with Gasteiger partial charge in [-0.15, -0.1) is 11.8 Å². The number of thiophene rings is 1. The van der Waals surface area contributed by atoms with Crippen molar-refractivity contribution in [2.24, 2.45) is 11.8 Å². The predicted molar refractivity (Wildman–Crippen MR) is 97.5 cm³/mol. The normalized spacial score (nSPS) is 19.7. The number of hydrogen-bond donors (Lipinski definition) is 1. The van der Waals surface area contributed by atoms with Crippen molar-refractivity contribution in [1.29, 1.82) is 0 Å². The largest absolute Gasteiger partial charge is 0.354 e. The molecule has 0 saturated carbocycles. The molecule has 0 unspecified atom stereocenters. The summed E-state index contributed by atoms with van der Waals surface area (Å²) in [5.41, 5.74) is 1.12. The Balaban J connectivity index is 2.21. The van der Waals surface area contributed by atoms with Gasteiger partial charge in [-0.3, -0.25) is 9.59 Å². The van der Waals surface area contributed by atoms with Crippen molar-refractivity contribution in [3.63, 3.8) is 0 Å². The molecule has 2 amide bonds. The lowest BCUT2D eigenvalue weighted by Gasteiger charge is -2.32. The van der Waals surface area contributed by atoms with Gasteiger partial charge in [0, 0.05) is 6.54 Å². The Bertz CT molecular complexity index is 529. The Morgan fingerprint density at radius 3 is 2.65 bits per heavy atom. The van der Waals surface area contributed by atoms with Gasteiger partial charge in [0.1, 0.15) is 11.4 Å². The van der Waals surface area contributed by atoms with E-state index in [0.717, 1.165) is 5.56 Å². The average molecular weight is 355 g/mol. The van der Waals surface area contributed by atoms with Gasteiger partial charge in [0.2, 0.25) is 11.8 Å². The van der Waals surface area contributed by atoms with Crippen LogP contribution in [-0.4, -0.2) is 35.1 Å². The maximum absolute atomic E-state index is 12.7. The van der Waals surface area contributed by atoms with Crippen molar-refractivity contribution in [1.82, 2.24) is 10.2 Å². The van der Waals surface area contributed by atoms with E-state index in [2.05, 4.69) is 38.4 Å². The van der Waals surface area contributed by atoms with E-state index in [4.69, 9.17) is 0 Å². The van der Waals surface area contributed by atoms with E-state index < -0.39 is 0 Å². The van der Waals surface area contributed by atoms with Gasteiger partial charge in [0.05, 0.1) is 5.75 Å². The molecule has 2 atom stereocenters. The SMILES string of the molecule is CC(C)CNC(=O)[C@@H](CC(C)C)N1C(=O)CS[C@H]1c1ccsc1. The minimum atomic E-state index is -0.388. The smallest absolute Gasteiger partial charge is 0.242 e. The lowest BCUT2D eigenvalue weighted by Crippen LogP contribution is -2.49. The van der Waals surface area contributed by atoms with Crippen LogP contribution >= 0.6 is 23.1 Å². The molecule has 6 heteroatoms. The Morgan fingerprint density at radius 1 is 1.35 bits per heavy atom. The number of carbonyl (C=O) groups is 2. The highest BCUT2D eigenvalue weighted by Gasteiger charge is 2.41. The Morgan fingerprint density at radius 2 is 2.09 bits per heavy atom. The molecule has 23 heavy (non-hydrogen) atoms. The maximum Gasteiger partial charge on any atom is 0.242 e. The second-order valence-corrected chi connectivity index (χ2v) is 8.65. The first-order chi connectivity index (χ1) is 10.9. The van der Waals surface area contributed by atoms with Crippen molar-refractivity contribution in [2.75, 3.05) is 12.3 Å². The molecule has 1 aromatic heterocycles. The van der Waals surface area contributed by atoms with Crippen molar-refractivity contribution in [2.45, 2.75) is 45.5 Å². The van der Waals surface area contributed by atoms with Crippen molar-refractivity contribution in [3.8, 4) is 0 Å². The molecule has 0 radical (unpaired) electrons. The van der Waals surface area contributed by atoms with E-state index >= 15 is 0 Å². The van der Waals surface area contributed by atoms with Crippen LogP contribution in [0.15, 0.2) is 16.8 Å². The average Bonchev–Trinajstić information content (AvgIpc) is 3.11. The van der Waals surface area contributed by atoms with Gasteiger partial charge in [-0.2, -0.15) is 11.3 Å². The second kappa shape index (κ2) is 8.20. The summed E-state index contributed by atoms with van der Waals surface area (Å²) in [6.07, 6.45) is 0.691. The van der Waals surface area contributed by atoms with E-state index in [1.54, 1.807) is 23.1 Å². The molecule has 1 aromatic rings. The van der Waals surface area contributed by atoms with Crippen LogP contribution < -0.4 is 5.32 Å². The highest BCUT2D eigenvalue weighted by molar-refractivity contribution is 8.00. The van der Waals surface area contributed by atoms with Gasteiger partial charge in [-0.1, -0.05) is 27.7 Å². The van der Waals surface area contributed by atoms with E-state index in [-0.39, 0.29) is 23.2 Å². The van der Waals surface area contributed by atoms with Crippen molar-refractivity contribution >= 4 is 34.9 Å². The van der Waals surface area contributed by atoms with Crippen LogP contribution in [0.4, 0.5) is 0 Å². The van der Waals surface area contributed by atoms with E-state index in [0.29, 0.717) is 30.6 Å². The molecule has 1 aliphatic rings. The summed E-state index contributed by atoms with van der Waals surface area (Å²) in [6, 6.07) is 1.66. The number of amides is 2. The van der Waals surface area contributed by atoms with Gasteiger partial charge in [0.15, 0.2) is 0 Å². The second-order valence-electron chi connectivity index (χ2n) is 6.81. The highest BCUT2D eigenvalue weighted by Crippen LogP contribution is 2.41. The number of carbonyl (C=O) groups excluding carboxylic acids is 2. The molecule has 0 spiro atoms. The zero-order valence-electron chi connectivity index (χ0n) is 14.2. The lowest BCUT2D eigenvalue weighted by molar-refractivity contribution is -0.139. The predicted octanol–water partition coefficient (Wildman–Crippen LogP) is 3.51. The highest BCUT2D eigenvalue weighted by atomic mass is 32.2. The molecule has 1 aliphatic heterocycles. The summed E-state index contributed by atoms with van der Waals surface area (Å²) >= 11 is 3.24. The maximum atomic E-state index is 12.7. The third kappa shape index (κ3) is 4.73. The monoisotopic (exact) mass is 354 g/mol. The van der Waals surface area contributed by atoms with Gasteiger partial charge >= 0.3 is 0 Å². The standard InChI is InChI=1S/C17H26N2O2S2/c1-11(2)7-14(16(21)18-8-12(3)4)19-15(20)10-23-17(19)13-5-6-22-9-13/h5-6,9,11-12,14,17H,7-8,10H2,1-4H3,(H,18,21)/t14-,17+/m1/s1. The van der Waals surface area contributed by atoms with Crippen molar-refractivity contribution in [3.05, 3.63) is 22.4 Å². The van der Waals surface area contributed by atoms with Crippen LogP contribution in [0.25, 0.3) is 0 Å². The number of hydrogen-bond acceptors (Lipinski definition) is 4. The third-order valence-electron chi connectivity index (χ3n) is 3.75. The molecule has 2 rings (SSSR count). The van der Waals surface area contributed by atoms with Gasteiger partial charge in [-0.25, -0.2) is 0 Å². The van der Waals surface area contributed by atoms with E-state index in [1.807, 2.05) is 16.3 Å². The van der Waals surface area contributed by atoms with Crippen LogP contribution in [0.3, 0.4) is 0 Å². The van der Waals surface area contributed by atoms with Gasteiger partial charge in [0.25, 0.3) is 0 Å². The zero-order chi connectivity index (χ0) is 17.0. The van der Waals surface area contributed by atoms with Crippen LogP contribution in [0.1, 0.15) is 45.1 Å². The first kappa shape index (κ1) is 18.3. The molecule has 1 fully saturated rings. The van der Waals surface area contributed by atoms with Gasteiger partial charge < -0.3 is 10.2 Å². The van der Waals surface area contributed by atoms with Crippen LogP contribution in [-0.2, 0) is 9.59 Å². The molecule has 1 saturated heterocycles. The van der Waals surface area contributed by atoms with Crippen molar-refractivity contribution < 1.29 is 9.59 Å². The molecule has 2 heterocycles. The molecule has 0 aromatic carbocycles. The summed E-state index contributed by atoms with van der Waals surface area (Å²) in [5.74, 6) is 1.24. The number of nitrogens with zero attached hydrogens (tertiary/aromatic N) is 1. The van der Waals surface area contributed by atoms with Crippen LogP contribution in [0, 0.1) is 11.8 Å². The molecule has 128 valence electrons. The first-order valence-electron chi connectivity index (χ1n) is 8.12. The molecule has 1 N–H and O–H groups in total.